The molecule has 1 fully saturated rings. The number of nitrogen functional groups attached to an aromatic ring is 1. The van der Waals surface area contributed by atoms with Gasteiger partial charge >= 0.3 is 5.69 Å². The van der Waals surface area contributed by atoms with Gasteiger partial charge in [0.25, 0.3) is 5.91 Å². The van der Waals surface area contributed by atoms with E-state index < -0.39 is 10.8 Å². The molecule has 3 N–H and O–H groups in total. The van der Waals surface area contributed by atoms with Gasteiger partial charge in [0, 0.05) is 6.61 Å². The number of benzene rings is 1. The molecule has 2 rings (SSSR count). The first-order chi connectivity index (χ1) is 9.00. The summed E-state index contributed by atoms with van der Waals surface area (Å²) in [4.78, 5) is 22.4. The van der Waals surface area contributed by atoms with E-state index >= 15 is 0 Å². The third kappa shape index (κ3) is 2.65. The first-order valence-corrected chi connectivity index (χ1v) is 5.96. The second kappa shape index (κ2) is 5.23. The summed E-state index contributed by atoms with van der Waals surface area (Å²) in [6, 6.07) is 4.18. The van der Waals surface area contributed by atoms with Crippen LogP contribution in [-0.4, -0.2) is 29.6 Å². The number of para-hydroxylation sites is 1. The summed E-state index contributed by atoms with van der Waals surface area (Å²) < 4.78 is 5.33. The fraction of sp³-hybridized carbons (Fsp3) is 0.417. The number of anilines is 1. The molecule has 0 bridgehead atoms. The smallest absolute Gasteiger partial charge is 0.304 e. The van der Waals surface area contributed by atoms with Gasteiger partial charge in [0.1, 0.15) is 11.3 Å². The number of amides is 1. The number of carbonyl (C=O) groups excluding carboxylic acids is 1. The average Bonchev–Trinajstić information content (AvgIpc) is 2.74. The molecular weight excluding hydrogens is 250 g/mol. The number of rotatable bonds is 3. The second-order valence-corrected chi connectivity index (χ2v) is 4.45. The number of hydrogen-bond donors (Lipinski definition) is 2. The lowest BCUT2D eigenvalue weighted by molar-refractivity contribution is -0.384. The van der Waals surface area contributed by atoms with Crippen molar-refractivity contribution in [1.82, 2.24) is 5.32 Å². The molecule has 1 saturated heterocycles. The highest BCUT2D eigenvalue weighted by molar-refractivity contribution is 6.00. The van der Waals surface area contributed by atoms with E-state index in [-0.39, 0.29) is 29.1 Å². The fourth-order valence-corrected chi connectivity index (χ4v) is 2.12. The number of carbonyl (C=O) groups is 1. The second-order valence-electron chi connectivity index (χ2n) is 4.45. The van der Waals surface area contributed by atoms with Crippen molar-refractivity contribution in [2.75, 3.05) is 12.3 Å². The van der Waals surface area contributed by atoms with Crippen LogP contribution in [0, 0.1) is 10.1 Å². The highest BCUT2D eigenvalue weighted by Crippen LogP contribution is 2.26. The Labute approximate surface area is 109 Å². The van der Waals surface area contributed by atoms with Gasteiger partial charge in [0.2, 0.25) is 0 Å². The average molecular weight is 265 g/mol. The van der Waals surface area contributed by atoms with Gasteiger partial charge in [-0.2, -0.15) is 0 Å². The predicted molar refractivity (Wildman–Crippen MR) is 68.8 cm³/mol. The Morgan fingerprint density at radius 1 is 1.58 bits per heavy atom. The lowest BCUT2D eigenvalue weighted by Crippen LogP contribution is -2.39. The van der Waals surface area contributed by atoms with Crippen molar-refractivity contribution < 1.29 is 14.5 Å². The molecular formula is C12H15N3O4. The summed E-state index contributed by atoms with van der Waals surface area (Å²) in [6.45, 7) is 2.43. The molecule has 1 aromatic rings. The highest BCUT2D eigenvalue weighted by atomic mass is 16.6. The third-order valence-electron chi connectivity index (χ3n) is 3.19. The van der Waals surface area contributed by atoms with Crippen molar-refractivity contribution in [2.45, 2.75) is 25.5 Å². The minimum absolute atomic E-state index is 0.0200. The number of nitrogens with zero attached hydrogens (tertiary/aromatic N) is 1. The summed E-state index contributed by atoms with van der Waals surface area (Å²) in [7, 11) is 0. The summed E-state index contributed by atoms with van der Waals surface area (Å²) in [6.07, 6.45) is 0.604. The van der Waals surface area contributed by atoms with Crippen LogP contribution < -0.4 is 11.1 Å². The number of nitrogens with one attached hydrogen (secondary N) is 1. The van der Waals surface area contributed by atoms with Crippen LogP contribution in [0.25, 0.3) is 0 Å². The molecule has 2 atom stereocenters. The van der Waals surface area contributed by atoms with Crippen molar-refractivity contribution in [2.24, 2.45) is 0 Å². The molecule has 1 amide bonds. The predicted octanol–water partition coefficient (Wildman–Crippen LogP) is 1.08. The number of ether oxygens (including phenoxy) is 1. The zero-order chi connectivity index (χ0) is 14.0. The van der Waals surface area contributed by atoms with Crippen molar-refractivity contribution in [3.05, 3.63) is 33.9 Å². The van der Waals surface area contributed by atoms with Crippen LogP contribution >= 0.6 is 0 Å². The van der Waals surface area contributed by atoms with E-state index in [0.717, 1.165) is 0 Å². The third-order valence-corrected chi connectivity index (χ3v) is 3.19. The summed E-state index contributed by atoms with van der Waals surface area (Å²) in [5, 5.41) is 13.7. The summed E-state index contributed by atoms with van der Waals surface area (Å²) >= 11 is 0. The van der Waals surface area contributed by atoms with Crippen molar-refractivity contribution >= 4 is 17.3 Å². The van der Waals surface area contributed by atoms with Gasteiger partial charge < -0.3 is 15.8 Å². The number of nitro benzene ring substituents is 1. The first kappa shape index (κ1) is 13.3. The van der Waals surface area contributed by atoms with E-state index in [1.807, 2.05) is 6.92 Å². The van der Waals surface area contributed by atoms with Gasteiger partial charge in [-0.1, -0.05) is 6.07 Å². The molecule has 1 aromatic carbocycles. The lowest BCUT2D eigenvalue weighted by atomic mass is 10.1. The Hall–Kier alpha value is -2.15. The SMILES string of the molecule is CC1OCCC1NC(=O)c1cccc(N)c1[N+](=O)[O-]. The molecule has 7 heteroatoms. The summed E-state index contributed by atoms with van der Waals surface area (Å²) in [5.41, 5.74) is 5.15. The van der Waals surface area contributed by atoms with E-state index in [1.54, 1.807) is 0 Å². The minimum Gasteiger partial charge on any atom is -0.393 e. The maximum atomic E-state index is 12.1. The van der Waals surface area contributed by atoms with Gasteiger partial charge in [-0.05, 0) is 25.5 Å². The van der Waals surface area contributed by atoms with Gasteiger partial charge in [-0.25, -0.2) is 0 Å². The van der Waals surface area contributed by atoms with Crippen LogP contribution in [-0.2, 0) is 4.74 Å². The molecule has 0 saturated carbocycles. The normalized spacial score (nSPS) is 22.2. The first-order valence-electron chi connectivity index (χ1n) is 5.96. The molecule has 1 aliphatic rings. The standard InChI is InChI=1S/C12H15N3O4/c1-7-10(5-6-19-7)14-12(16)8-3-2-4-9(13)11(8)15(17)18/h2-4,7,10H,5-6,13H2,1H3,(H,14,16). The molecule has 0 aromatic heterocycles. The molecule has 0 spiro atoms. The molecule has 19 heavy (non-hydrogen) atoms. The van der Waals surface area contributed by atoms with E-state index in [9.17, 15) is 14.9 Å². The van der Waals surface area contributed by atoms with E-state index in [0.29, 0.717) is 13.0 Å². The molecule has 0 radical (unpaired) electrons. The maximum Gasteiger partial charge on any atom is 0.304 e. The zero-order valence-electron chi connectivity index (χ0n) is 10.5. The van der Waals surface area contributed by atoms with Crippen LogP contribution in [0.1, 0.15) is 23.7 Å². The number of hydrogen-bond acceptors (Lipinski definition) is 5. The Kier molecular flexibility index (Phi) is 3.66. The quantitative estimate of drug-likeness (QED) is 0.483. The Bertz CT molecular complexity index is 518. The maximum absolute atomic E-state index is 12.1. The largest absolute Gasteiger partial charge is 0.393 e. The monoisotopic (exact) mass is 265 g/mol. The van der Waals surface area contributed by atoms with Crippen LogP contribution in [0.5, 0.6) is 0 Å². The summed E-state index contributed by atoms with van der Waals surface area (Å²) in [5.74, 6) is -0.499. The highest BCUT2D eigenvalue weighted by Gasteiger charge is 2.29. The Morgan fingerprint density at radius 2 is 2.32 bits per heavy atom. The number of nitrogens with two attached hydrogens (primary N) is 1. The topological polar surface area (TPSA) is 107 Å². The fourth-order valence-electron chi connectivity index (χ4n) is 2.12. The van der Waals surface area contributed by atoms with Gasteiger partial charge in [-0.15, -0.1) is 0 Å². The lowest BCUT2D eigenvalue weighted by Gasteiger charge is -2.16. The van der Waals surface area contributed by atoms with Crippen molar-refractivity contribution in [1.29, 1.82) is 0 Å². The van der Waals surface area contributed by atoms with Crippen molar-refractivity contribution in [3.8, 4) is 0 Å². The van der Waals surface area contributed by atoms with Gasteiger partial charge in [0.15, 0.2) is 0 Å². The van der Waals surface area contributed by atoms with Crippen LogP contribution in [0.2, 0.25) is 0 Å². The molecule has 7 nitrogen and oxygen atoms in total. The van der Waals surface area contributed by atoms with E-state index in [4.69, 9.17) is 10.5 Å². The van der Waals surface area contributed by atoms with Crippen LogP contribution in [0.15, 0.2) is 18.2 Å². The molecule has 102 valence electrons. The van der Waals surface area contributed by atoms with Crippen LogP contribution in [0.3, 0.4) is 0 Å². The van der Waals surface area contributed by atoms with E-state index in [1.165, 1.54) is 18.2 Å². The molecule has 2 unspecified atom stereocenters. The minimum atomic E-state index is -0.640. The van der Waals surface area contributed by atoms with Gasteiger partial charge in [0.05, 0.1) is 17.1 Å². The Balaban J connectivity index is 2.24. The molecule has 0 aliphatic carbocycles. The Morgan fingerprint density at radius 3 is 2.89 bits per heavy atom. The molecule has 1 aliphatic heterocycles. The number of nitro groups is 1. The zero-order valence-corrected chi connectivity index (χ0v) is 10.5. The molecule has 1 heterocycles. The van der Waals surface area contributed by atoms with Crippen molar-refractivity contribution in [3.63, 3.8) is 0 Å². The van der Waals surface area contributed by atoms with Gasteiger partial charge in [-0.3, -0.25) is 14.9 Å². The van der Waals surface area contributed by atoms with E-state index in [2.05, 4.69) is 5.32 Å². The van der Waals surface area contributed by atoms with Crippen LogP contribution in [0.4, 0.5) is 11.4 Å².